The van der Waals surface area contributed by atoms with Crippen LogP contribution in [0.4, 0.5) is 5.69 Å². The maximum atomic E-state index is 12.4. The molecular formula is C12H9BrCl2N2O3S. The molecule has 1 aromatic heterocycles. The van der Waals surface area contributed by atoms with Gasteiger partial charge in [0.15, 0.2) is 4.90 Å². The van der Waals surface area contributed by atoms with Gasteiger partial charge in [-0.15, -0.1) is 0 Å². The summed E-state index contributed by atoms with van der Waals surface area (Å²) in [5, 5.41) is 0.595. The molecule has 0 saturated heterocycles. The second kappa shape index (κ2) is 6.39. The summed E-state index contributed by atoms with van der Waals surface area (Å²) in [5.41, 5.74) is 0.211. The molecule has 0 aliphatic carbocycles. The molecule has 0 aliphatic heterocycles. The largest absolute Gasteiger partial charge is 0.480 e. The molecule has 112 valence electrons. The molecule has 2 aromatic rings. The van der Waals surface area contributed by atoms with Crippen molar-refractivity contribution in [3.8, 4) is 5.88 Å². The van der Waals surface area contributed by atoms with Crippen LogP contribution in [0.2, 0.25) is 10.0 Å². The first-order valence-corrected chi connectivity index (χ1v) is 8.54. The number of ether oxygens (including phenoxy) is 1. The molecule has 0 saturated carbocycles. The molecule has 0 spiro atoms. The Morgan fingerprint density at radius 2 is 2.00 bits per heavy atom. The first-order valence-electron chi connectivity index (χ1n) is 5.51. The zero-order valence-electron chi connectivity index (χ0n) is 10.6. The fraction of sp³-hybridized carbons (Fsp3) is 0.0833. The Bertz CT molecular complexity index is 784. The molecular weight excluding hydrogens is 403 g/mol. The number of aromatic nitrogens is 1. The van der Waals surface area contributed by atoms with Gasteiger partial charge in [0.1, 0.15) is 0 Å². The summed E-state index contributed by atoms with van der Waals surface area (Å²) in [5.74, 6) is -0.0178. The summed E-state index contributed by atoms with van der Waals surface area (Å²) in [4.78, 5) is 3.79. The Morgan fingerprint density at radius 3 is 2.62 bits per heavy atom. The Hall–Kier alpha value is -1.02. The average molecular weight is 412 g/mol. The lowest BCUT2D eigenvalue weighted by Gasteiger charge is -2.12. The highest BCUT2D eigenvalue weighted by Gasteiger charge is 2.22. The minimum Gasteiger partial charge on any atom is -0.480 e. The van der Waals surface area contributed by atoms with Crippen molar-refractivity contribution in [3.63, 3.8) is 0 Å². The lowest BCUT2D eigenvalue weighted by Crippen LogP contribution is -2.15. The van der Waals surface area contributed by atoms with E-state index in [1.807, 2.05) is 0 Å². The van der Waals surface area contributed by atoms with E-state index in [-0.39, 0.29) is 21.5 Å². The zero-order chi connectivity index (χ0) is 15.6. The van der Waals surface area contributed by atoms with Crippen molar-refractivity contribution >= 4 is 54.8 Å². The van der Waals surface area contributed by atoms with Gasteiger partial charge in [-0.05, 0) is 40.2 Å². The normalized spacial score (nSPS) is 11.2. The number of rotatable bonds is 4. The summed E-state index contributed by atoms with van der Waals surface area (Å²) in [6, 6.07) is 5.83. The Balaban J connectivity index is 2.45. The number of hydrogen-bond donors (Lipinski definition) is 1. The van der Waals surface area contributed by atoms with Gasteiger partial charge in [0, 0.05) is 15.7 Å². The fourth-order valence-corrected chi connectivity index (χ4v) is 3.75. The van der Waals surface area contributed by atoms with Crippen LogP contribution < -0.4 is 9.46 Å². The van der Waals surface area contributed by atoms with Gasteiger partial charge in [-0.2, -0.15) is 0 Å². The highest BCUT2D eigenvalue weighted by atomic mass is 79.9. The van der Waals surface area contributed by atoms with E-state index in [1.165, 1.54) is 37.6 Å². The molecule has 5 nitrogen and oxygen atoms in total. The van der Waals surface area contributed by atoms with Crippen LogP contribution in [0.1, 0.15) is 0 Å². The number of hydrogen-bond acceptors (Lipinski definition) is 4. The fourth-order valence-electron chi connectivity index (χ4n) is 1.53. The van der Waals surface area contributed by atoms with Crippen LogP contribution >= 0.6 is 39.1 Å². The molecule has 0 fully saturated rings. The van der Waals surface area contributed by atoms with Crippen LogP contribution in [0.5, 0.6) is 5.88 Å². The summed E-state index contributed by atoms with van der Waals surface area (Å²) < 4.78 is 32.7. The van der Waals surface area contributed by atoms with Crippen molar-refractivity contribution in [3.05, 3.63) is 45.0 Å². The van der Waals surface area contributed by atoms with Crippen LogP contribution in [0.3, 0.4) is 0 Å². The van der Waals surface area contributed by atoms with E-state index in [0.717, 1.165) is 0 Å². The molecule has 2 rings (SSSR count). The van der Waals surface area contributed by atoms with Gasteiger partial charge in [0.05, 0.1) is 17.8 Å². The molecule has 0 atom stereocenters. The van der Waals surface area contributed by atoms with Gasteiger partial charge in [0.2, 0.25) is 5.88 Å². The summed E-state index contributed by atoms with van der Waals surface area (Å²) in [6.45, 7) is 0. The lowest BCUT2D eigenvalue weighted by atomic mass is 10.3. The number of methoxy groups -OCH3 is 1. The molecule has 0 unspecified atom stereocenters. The van der Waals surface area contributed by atoms with Gasteiger partial charge < -0.3 is 4.74 Å². The maximum absolute atomic E-state index is 12.4. The van der Waals surface area contributed by atoms with E-state index < -0.39 is 10.0 Å². The number of anilines is 1. The van der Waals surface area contributed by atoms with Crippen molar-refractivity contribution in [2.24, 2.45) is 0 Å². The molecule has 0 radical (unpaired) electrons. The van der Waals surface area contributed by atoms with Crippen LogP contribution in [0, 0.1) is 0 Å². The maximum Gasteiger partial charge on any atom is 0.267 e. The highest BCUT2D eigenvalue weighted by molar-refractivity contribution is 9.10. The smallest absolute Gasteiger partial charge is 0.267 e. The predicted octanol–water partition coefficient (Wildman–Crippen LogP) is 3.96. The quantitative estimate of drug-likeness (QED) is 0.826. The third-order valence-corrected chi connectivity index (χ3v) is 4.78. The Kier molecular flexibility index (Phi) is 4.98. The second-order valence-corrected chi connectivity index (χ2v) is 7.30. The molecule has 1 N–H and O–H groups in total. The van der Waals surface area contributed by atoms with Gasteiger partial charge in [0.25, 0.3) is 10.0 Å². The number of nitrogens with one attached hydrogen (secondary N) is 1. The average Bonchev–Trinajstić information content (AvgIpc) is 2.42. The van der Waals surface area contributed by atoms with E-state index in [9.17, 15) is 8.42 Å². The Labute approximate surface area is 140 Å². The van der Waals surface area contributed by atoms with Crippen molar-refractivity contribution < 1.29 is 13.2 Å². The van der Waals surface area contributed by atoms with E-state index in [0.29, 0.717) is 9.50 Å². The highest BCUT2D eigenvalue weighted by Crippen LogP contribution is 2.30. The summed E-state index contributed by atoms with van der Waals surface area (Å²) in [7, 11) is -2.57. The van der Waals surface area contributed by atoms with Crippen LogP contribution in [0.15, 0.2) is 39.8 Å². The van der Waals surface area contributed by atoms with Crippen molar-refractivity contribution in [2.45, 2.75) is 4.90 Å². The van der Waals surface area contributed by atoms with Crippen molar-refractivity contribution in [2.75, 3.05) is 11.8 Å². The lowest BCUT2D eigenvalue weighted by molar-refractivity contribution is 0.385. The van der Waals surface area contributed by atoms with E-state index >= 15 is 0 Å². The van der Waals surface area contributed by atoms with Crippen molar-refractivity contribution in [1.29, 1.82) is 0 Å². The first-order chi connectivity index (χ1) is 9.83. The van der Waals surface area contributed by atoms with Gasteiger partial charge in [-0.25, -0.2) is 13.4 Å². The molecule has 21 heavy (non-hydrogen) atoms. The van der Waals surface area contributed by atoms with Crippen molar-refractivity contribution in [1.82, 2.24) is 4.98 Å². The second-order valence-electron chi connectivity index (χ2n) is 3.89. The van der Waals surface area contributed by atoms with E-state index in [4.69, 9.17) is 27.9 Å². The third-order valence-electron chi connectivity index (χ3n) is 2.44. The molecule has 9 heteroatoms. The van der Waals surface area contributed by atoms with E-state index in [1.54, 1.807) is 0 Å². The van der Waals surface area contributed by atoms with Gasteiger partial charge in [-0.3, -0.25) is 4.72 Å². The molecule has 0 amide bonds. The molecule has 0 aliphatic rings. The summed E-state index contributed by atoms with van der Waals surface area (Å²) >= 11 is 14.9. The monoisotopic (exact) mass is 410 g/mol. The third kappa shape index (κ3) is 3.79. The topological polar surface area (TPSA) is 68.3 Å². The number of sulfonamides is 1. The van der Waals surface area contributed by atoms with Crippen LogP contribution in [-0.4, -0.2) is 20.5 Å². The zero-order valence-corrected chi connectivity index (χ0v) is 14.5. The minimum atomic E-state index is -3.91. The minimum absolute atomic E-state index is 0.0178. The van der Waals surface area contributed by atoms with E-state index in [2.05, 4.69) is 25.6 Å². The van der Waals surface area contributed by atoms with Gasteiger partial charge >= 0.3 is 0 Å². The SMILES string of the molecule is COc1ncc(Br)cc1S(=O)(=O)Nc1ccc(Cl)cc1Cl. The summed E-state index contributed by atoms with van der Waals surface area (Å²) in [6.07, 6.45) is 1.44. The number of halogens is 3. The van der Waals surface area contributed by atoms with Gasteiger partial charge in [-0.1, -0.05) is 23.2 Å². The molecule has 1 aromatic carbocycles. The molecule has 0 bridgehead atoms. The van der Waals surface area contributed by atoms with Crippen LogP contribution in [-0.2, 0) is 10.0 Å². The number of nitrogens with zero attached hydrogens (tertiary/aromatic N) is 1. The van der Waals surface area contributed by atoms with Crippen LogP contribution in [0.25, 0.3) is 0 Å². The Morgan fingerprint density at radius 1 is 1.29 bits per heavy atom. The molecule has 1 heterocycles. The first kappa shape index (κ1) is 16.4. The predicted molar refractivity (Wildman–Crippen MR) is 85.8 cm³/mol. The number of pyridine rings is 1. The standard InChI is InChI=1S/C12H9BrCl2N2O3S/c1-20-12-11(4-7(13)6-16-12)21(18,19)17-10-3-2-8(14)5-9(10)15/h2-6,17H,1H3. The number of benzene rings is 1.